The maximum atomic E-state index is 11.5. The maximum absolute atomic E-state index is 11.5. The van der Waals surface area contributed by atoms with E-state index in [0.29, 0.717) is 17.5 Å². The van der Waals surface area contributed by atoms with Crippen molar-refractivity contribution in [1.29, 1.82) is 0 Å². The molecule has 28 heavy (non-hydrogen) atoms. The van der Waals surface area contributed by atoms with Crippen molar-refractivity contribution >= 4 is 26.5 Å². The van der Waals surface area contributed by atoms with Crippen LogP contribution in [0.15, 0.2) is 42.6 Å². The Hall–Kier alpha value is -2.47. The van der Waals surface area contributed by atoms with Crippen LogP contribution in [0.5, 0.6) is 5.88 Å². The third-order valence-electron chi connectivity index (χ3n) is 4.90. The molecule has 2 aromatic carbocycles. The molecule has 1 aromatic heterocycles. The summed E-state index contributed by atoms with van der Waals surface area (Å²) < 4.78 is 27.5. The number of anilines is 1. The van der Waals surface area contributed by atoms with Crippen molar-refractivity contribution in [3.8, 4) is 17.0 Å². The first-order valence-corrected chi connectivity index (χ1v) is 11.4. The summed E-state index contributed by atoms with van der Waals surface area (Å²) in [6.07, 6.45) is 4.13. The molecule has 3 rings (SSSR count). The van der Waals surface area contributed by atoms with E-state index in [-0.39, 0.29) is 6.04 Å². The van der Waals surface area contributed by atoms with Gasteiger partial charge in [0, 0.05) is 28.7 Å². The van der Waals surface area contributed by atoms with E-state index in [1.54, 1.807) is 6.07 Å². The van der Waals surface area contributed by atoms with E-state index in [2.05, 4.69) is 25.5 Å². The van der Waals surface area contributed by atoms with Crippen molar-refractivity contribution in [2.24, 2.45) is 5.92 Å². The average molecular weight is 401 g/mol. The van der Waals surface area contributed by atoms with Crippen LogP contribution in [0.25, 0.3) is 21.9 Å². The van der Waals surface area contributed by atoms with Crippen LogP contribution in [0.3, 0.4) is 0 Å². The van der Waals surface area contributed by atoms with Crippen LogP contribution in [0.2, 0.25) is 0 Å². The second-order valence-electron chi connectivity index (χ2n) is 8.05. The van der Waals surface area contributed by atoms with Gasteiger partial charge >= 0.3 is 0 Å². The molecule has 0 aliphatic carbocycles. The van der Waals surface area contributed by atoms with E-state index < -0.39 is 10.0 Å². The number of aromatic hydroxyl groups is 1. The van der Waals surface area contributed by atoms with E-state index >= 15 is 0 Å². The fraction of sp³-hybridized carbons (Fsp3) is 0.364. The summed E-state index contributed by atoms with van der Waals surface area (Å²) in [6.45, 7) is 8.46. The third-order valence-corrected chi connectivity index (χ3v) is 5.51. The smallest absolute Gasteiger partial charge is 0.229 e. The number of sulfonamides is 1. The number of fused-ring (bicyclic) bond motifs is 1. The molecule has 0 radical (unpaired) electrons. The van der Waals surface area contributed by atoms with Crippen LogP contribution in [0, 0.1) is 12.8 Å². The van der Waals surface area contributed by atoms with Crippen LogP contribution in [0.1, 0.15) is 38.8 Å². The van der Waals surface area contributed by atoms with E-state index in [9.17, 15) is 13.5 Å². The van der Waals surface area contributed by atoms with Crippen LogP contribution >= 0.6 is 0 Å². The Morgan fingerprint density at radius 3 is 2.46 bits per heavy atom. The van der Waals surface area contributed by atoms with Crippen molar-refractivity contribution in [2.45, 2.75) is 40.2 Å². The molecule has 0 amide bonds. The standard InChI is InChI=1S/C22H28N2O3S/c1-14(2)9-16(4)24-13-19-11-18(10-15(3)21(19)22(24)25)17-7-6-8-20(12-17)23-28(5,26)27/h6-8,10-14,16,23,25H,9H2,1-5H3. The van der Waals surface area contributed by atoms with Crippen molar-refractivity contribution in [3.05, 3.63) is 48.2 Å². The Morgan fingerprint density at radius 1 is 1.11 bits per heavy atom. The Labute approximate surface area is 167 Å². The monoisotopic (exact) mass is 400 g/mol. The number of benzene rings is 2. The third kappa shape index (κ3) is 4.33. The van der Waals surface area contributed by atoms with E-state index in [4.69, 9.17) is 0 Å². The summed E-state index contributed by atoms with van der Waals surface area (Å²) in [5, 5.41) is 12.6. The highest BCUT2D eigenvalue weighted by atomic mass is 32.2. The number of hydrogen-bond acceptors (Lipinski definition) is 3. The molecule has 0 aliphatic heterocycles. The molecule has 2 N–H and O–H groups in total. The molecule has 6 heteroatoms. The first-order chi connectivity index (χ1) is 13.0. The summed E-state index contributed by atoms with van der Waals surface area (Å²) in [5.41, 5.74) is 3.42. The van der Waals surface area contributed by atoms with Crippen LogP contribution in [0.4, 0.5) is 5.69 Å². The molecule has 0 saturated heterocycles. The Bertz CT molecular complexity index is 1110. The van der Waals surface area contributed by atoms with E-state index in [1.165, 1.54) is 0 Å². The zero-order valence-electron chi connectivity index (χ0n) is 17.0. The quantitative estimate of drug-likeness (QED) is 0.590. The average Bonchev–Trinajstić information content (AvgIpc) is 2.90. The van der Waals surface area contributed by atoms with Crippen molar-refractivity contribution in [3.63, 3.8) is 0 Å². The summed E-state index contributed by atoms with van der Waals surface area (Å²) >= 11 is 0. The Balaban J connectivity index is 2.06. The fourth-order valence-electron chi connectivity index (χ4n) is 3.84. The minimum Gasteiger partial charge on any atom is -0.494 e. The van der Waals surface area contributed by atoms with Crippen LogP contribution in [-0.2, 0) is 10.0 Å². The zero-order chi connectivity index (χ0) is 20.6. The second-order valence-corrected chi connectivity index (χ2v) is 9.80. The van der Waals surface area contributed by atoms with Gasteiger partial charge in [-0.2, -0.15) is 0 Å². The van der Waals surface area contributed by atoms with Gasteiger partial charge in [0.2, 0.25) is 10.0 Å². The molecular formula is C22H28N2O3S. The fourth-order valence-corrected chi connectivity index (χ4v) is 4.39. The van der Waals surface area contributed by atoms with Gasteiger partial charge in [-0.05, 0) is 61.1 Å². The lowest BCUT2D eigenvalue weighted by Crippen LogP contribution is -2.09. The Morgan fingerprint density at radius 2 is 1.82 bits per heavy atom. The lowest BCUT2D eigenvalue weighted by molar-refractivity contribution is 0.362. The summed E-state index contributed by atoms with van der Waals surface area (Å²) in [7, 11) is -3.33. The van der Waals surface area contributed by atoms with Crippen LogP contribution < -0.4 is 4.72 Å². The number of nitrogens with one attached hydrogen (secondary N) is 1. The summed E-state index contributed by atoms with van der Waals surface area (Å²) in [6, 6.07) is 11.6. The molecule has 0 saturated carbocycles. The predicted octanol–water partition coefficient (Wildman–Crippen LogP) is 5.30. The first kappa shape index (κ1) is 20.3. The van der Waals surface area contributed by atoms with Gasteiger partial charge in [-0.25, -0.2) is 8.42 Å². The van der Waals surface area contributed by atoms with Crippen molar-refractivity contribution in [2.75, 3.05) is 11.0 Å². The predicted molar refractivity (Wildman–Crippen MR) is 116 cm³/mol. The molecule has 0 spiro atoms. The first-order valence-electron chi connectivity index (χ1n) is 9.47. The number of nitrogens with zero attached hydrogens (tertiary/aromatic N) is 1. The largest absolute Gasteiger partial charge is 0.494 e. The van der Waals surface area contributed by atoms with E-state index in [0.717, 1.165) is 40.1 Å². The van der Waals surface area contributed by atoms with Gasteiger partial charge in [-0.3, -0.25) is 4.72 Å². The minimum absolute atomic E-state index is 0.206. The van der Waals surface area contributed by atoms with Gasteiger partial charge in [-0.15, -0.1) is 0 Å². The molecule has 0 bridgehead atoms. The highest BCUT2D eigenvalue weighted by Gasteiger charge is 2.17. The molecule has 0 aliphatic rings. The van der Waals surface area contributed by atoms with Gasteiger partial charge in [-0.1, -0.05) is 32.0 Å². The Kier molecular flexibility index (Phi) is 5.44. The molecule has 0 fully saturated rings. The summed E-state index contributed by atoms with van der Waals surface area (Å²) in [5.74, 6) is 0.848. The summed E-state index contributed by atoms with van der Waals surface area (Å²) in [4.78, 5) is 0. The molecule has 150 valence electrons. The van der Waals surface area contributed by atoms with Gasteiger partial charge in [0.15, 0.2) is 5.88 Å². The molecular weight excluding hydrogens is 372 g/mol. The van der Waals surface area contributed by atoms with Crippen molar-refractivity contribution in [1.82, 2.24) is 4.57 Å². The highest BCUT2D eigenvalue weighted by molar-refractivity contribution is 7.92. The van der Waals surface area contributed by atoms with Gasteiger partial charge in [0.25, 0.3) is 0 Å². The van der Waals surface area contributed by atoms with E-state index in [1.807, 2.05) is 48.0 Å². The molecule has 5 nitrogen and oxygen atoms in total. The minimum atomic E-state index is -3.33. The topological polar surface area (TPSA) is 71.3 Å². The number of aryl methyl sites for hydroxylation is 1. The normalized spacial score (nSPS) is 13.2. The van der Waals surface area contributed by atoms with Crippen molar-refractivity contribution < 1.29 is 13.5 Å². The molecule has 1 unspecified atom stereocenters. The van der Waals surface area contributed by atoms with Gasteiger partial charge < -0.3 is 9.67 Å². The lowest BCUT2D eigenvalue weighted by atomic mass is 9.99. The van der Waals surface area contributed by atoms with Gasteiger partial charge in [0.1, 0.15) is 0 Å². The molecule has 1 atom stereocenters. The van der Waals surface area contributed by atoms with Crippen LogP contribution in [-0.4, -0.2) is 24.3 Å². The number of hydrogen-bond donors (Lipinski definition) is 2. The van der Waals surface area contributed by atoms with Gasteiger partial charge in [0.05, 0.1) is 6.26 Å². The highest BCUT2D eigenvalue weighted by Crippen LogP contribution is 2.37. The zero-order valence-corrected chi connectivity index (χ0v) is 17.8. The molecule has 3 aromatic rings. The number of rotatable bonds is 6. The molecule has 1 heterocycles. The lowest BCUT2D eigenvalue weighted by Gasteiger charge is -2.16. The number of aromatic nitrogens is 1. The SMILES string of the molecule is Cc1cc(-c2cccc(NS(C)(=O)=O)c2)cc2cn(C(C)CC(C)C)c(O)c12. The maximum Gasteiger partial charge on any atom is 0.229 e. The second kappa shape index (κ2) is 7.51.